The van der Waals surface area contributed by atoms with E-state index in [9.17, 15) is 9.59 Å². The van der Waals surface area contributed by atoms with Gasteiger partial charge in [-0.1, -0.05) is 12.5 Å². The monoisotopic (exact) mass is 381 g/mol. The van der Waals surface area contributed by atoms with E-state index in [2.05, 4.69) is 20.5 Å². The second-order valence-corrected chi connectivity index (χ2v) is 7.69. The third kappa shape index (κ3) is 4.08. The van der Waals surface area contributed by atoms with Crippen molar-refractivity contribution in [3.05, 3.63) is 47.0 Å². The normalized spacial score (nSPS) is 17.6. The first-order valence-corrected chi connectivity index (χ1v) is 10.3. The number of carbonyl (C=O) groups is 2. The number of aromatic nitrogens is 3. The third-order valence-electron chi connectivity index (χ3n) is 5.86. The van der Waals surface area contributed by atoms with Gasteiger partial charge in [0.2, 0.25) is 5.91 Å². The fourth-order valence-corrected chi connectivity index (χ4v) is 4.18. The van der Waals surface area contributed by atoms with Crippen LogP contribution in [0.15, 0.2) is 24.4 Å². The summed E-state index contributed by atoms with van der Waals surface area (Å²) in [6, 6.07) is 5.34. The smallest absolute Gasteiger partial charge is 0.272 e. The number of piperidine rings is 1. The zero-order valence-corrected chi connectivity index (χ0v) is 16.1. The lowest BCUT2D eigenvalue weighted by atomic mass is 9.95. The molecule has 4 rings (SSSR count). The van der Waals surface area contributed by atoms with Gasteiger partial charge in [-0.25, -0.2) is 0 Å². The van der Waals surface area contributed by atoms with E-state index in [1.54, 1.807) is 23.2 Å². The lowest BCUT2D eigenvalue weighted by Crippen LogP contribution is -2.43. The first-order valence-electron chi connectivity index (χ1n) is 10.3. The maximum atomic E-state index is 12.6. The largest absolute Gasteiger partial charge is 0.350 e. The summed E-state index contributed by atoms with van der Waals surface area (Å²) in [6.45, 7) is 1.66. The predicted molar refractivity (Wildman–Crippen MR) is 105 cm³/mol. The van der Waals surface area contributed by atoms with Crippen LogP contribution in [0.5, 0.6) is 0 Å². The van der Waals surface area contributed by atoms with Crippen molar-refractivity contribution in [2.75, 3.05) is 13.1 Å². The number of aryl methyl sites for hydroxylation is 1. The molecule has 2 aliphatic rings. The van der Waals surface area contributed by atoms with Gasteiger partial charge in [0, 0.05) is 30.9 Å². The number of pyridine rings is 1. The standard InChI is InChI=1S/C21H27N5O2/c27-20(23-14-19-16-6-2-1-3-7-17(16)24-25-19)15-9-12-26(13-10-15)21(28)18-8-4-5-11-22-18/h4-5,8,11,15H,1-3,6-7,9-10,12-14H2,(H,23,27)(H,24,25). The molecule has 7 heteroatoms. The Hall–Kier alpha value is -2.70. The van der Waals surface area contributed by atoms with E-state index in [0.717, 1.165) is 18.5 Å². The number of H-pyrrole nitrogens is 1. The molecule has 2 N–H and O–H groups in total. The van der Waals surface area contributed by atoms with Crippen molar-refractivity contribution in [3.63, 3.8) is 0 Å². The van der Waals surface area contributed by atoms with Gasteiger partial charge in [0.15, 0.2) is 0 Å². The Morgan fingerprint density at radius 1 is 1.14 bits per heavy atom. The first-order chi connectivity index (χ1) is 13.7. The van der Waals surface area contributed by atoms with Gasteiger partial charge in [-0.3, -0.25) is 19.7 Å². The minimum absolute atomic E-state index is 0.0506. The summed E-state index contributed by atoms with van der Waals surface area (Å²) in [5.74, 6) is -0.0423. The molecule has 0 bridgehead atoms. The number of nitrogens with zero attached hydrogens (tertiary/aromatic N) is 3. The summed E-state index contributed by atoms with van der Waals surface area (Å²) in [7, 11) is 0. The molecule has 0 radical (unpaired) electrons. The Labute approximate surface area is 164 Å². The number of rotatable bonds is 4. The van der Waals surface area contributed by atoms with E-state index in [0.29, 0.717) is 38.2 Å². The Bertz CT molecular complexity index is 825. The van der Waals surface area contributed by atoms with Crippen molar-refractivity contribution in [1.82, 2.24) is 25.4 Å². The summed E-state index contributed by atoms with van der Waals surface area (Å²) in [5.41, 5.74) is 3.98. The molecule has 148 valence electrons. The number of fused-ring (bicyclic) bond motifs is 1. The zero-order valence-electron chi connectivity index (χ0n) is 16.1. The van der Waals surface area contributed by atoms with Crippen molar-refractivity contribution in [2.45, 2.75) is 51.5 Å². The highest BCUT2D eigenvalue weighted by molar-refractivity contribution is 5.92. The average Bonchev–Trinajstić information content (AvgIpc) is 2.98. The Kier molecular flexibility index (Phi) is 5.69. The van der Waals surface area contributed by atoms with Crippen LogP contribution in [-0.2, 0) is 24.2 Å². The summed E-state index contributed by atoms with van der Waals surface area (Å²) in [4.78, 5) is 31.0. The number of likely N-dealkylation sites (tertiary alicyclic amines) is 1. The molecule has 1 aliphatic heterocycles. The molecule has 0 unspecified atom stereocenters. The average molecular weight is 381 g/mol. The zero-order chi connectivity index (χ0) is 19.3. The van der Waals surface area contributed by atoms with Gasteiger partial charge >= 0.3 is 0 Å². The first kappa shape index (κ1) is 18.7. The fourth-order valence-electron chi connectivity index (χ4n) is 4.18. The summed E-state index contributed by atoms with van der Waals surface area (Å²) in [6.07, 6.45) is 8.75. The molecule has 1 saturated heterocycles. The van der Waals surface area contributed by atoms with E-state index in [1.807, 2.05) is 6.07 Å². The van der Waals surface area contributed by atoms with Crippen LogP contribution in [0.2, 0.25) is 0 Å². The summed E-state index contributed by atoms with van der Waals surface area (Å²) in [5, 5.41) is 10.6. The van der Waals surface area contributed by atoms with Crippen LogP contribution in [-0.4, -0.2) is 45.0 Å². The second-order valence-electron chi connectivity index (χ2n) is 7.69. The lowest BCUT2D eigenvalue weighted by molar-refractivity contribution is -0.126. The molecule has 2 amide bonds. The van der Waals surface area contributed by atoms with E-state index >= 15 is 0 Å². The summed E-state index contributed by atoms with van der Waals surface area (Å²) < 4.78 is 0. The quantitative estimate of drug-likeness (QED) is 0.795. The minimum atomic E-state index is -0.0568. The topological polar surface area (TPSA) is 91.0 Å². The van der Waals surface area contributed by atoms with Crippen LogP contribution in [0.1, 0.15) is 59.5 Å². The van der Waals surface area contributed by atoms with Crippen LogP contribution in [0.4, 0.5) is 0 Å². The molecule has 0 atom stereocenters. The van der Waals surface area contributed by atoms with Gasteiger partial charge in [0.05, 0.1) is 12.2 Å². The maximum absolute atomic E-state index is 12.6. The molecule has 0 aromatic carbocycles. The summed E-state index contributed by atoms with van der Waals surface area (Å²) >= 11 is 0. The predicted octanol–water partition coefficient (Wildman–Crippen LogP) is 2.24. The number of nitrogens with one attached hydrogen (secondary N) is 2. The van der Waals surface area contributed by atoms with E-state index in [1.165, 1.54) is 30.5 Å². The number of amides is 2. The Balaban J connectivity index is 1.28. The molecule has 7 nitrogen and oxygen atoms in total. The molecule has 2 aromatic rings. The molecule has 3 heterocycles. The van der Waals surface area contributed by atoms with Crippen LogP contribution in [0, 0.1) is 5.92 Å². The van der Waals surface area contributed by atoms with Crippen molar-refractivity contribution < 1.29 is 9.59 Å². The molecule has 2 aromatic heterocycles. The molecule has 1 aliphatic carbocycles. The van der Waals surface area contributed by atoms with Crippen molar-refractivity contribution >= 4 is 11.8 Å². The second kappa shape index (κ2) is 8.54. The van der Waals surface area contributed by atoms with Gasteiger partial charge < -0.3 is 10.2 Å². The van der Waals surface area contributed by atoms with Crippen molar-refractivity contribution in [2.24, 2.45) is 5.92 Å². The van der Waals surface area contributed by atoms with E-state index < -0.39 is 0 Å². The highest BCUT2D eigenvalue weighted by Crippen LogP contribution is 2.22. The lowest BCUT2D eigenvalue weighted by Gasteiger charge is -2.31. The maximum Gasteiger partial charge on any atom is 0.272 e. The fraction of sp³-hybridized carbons (Fsp3) is 0.524. The molecular formula is C21H27N5O2. The van der Waals surface area contributed by atoms with Gasteiger partial charge in [-0.15, -0.1) is 0 Å². The van der Waals surface area contributed by atoms with Gasteiger partial charge in [-0.05, 0) is 56.2 Å². The minimum Gasteiger partial charge on any atom is -0.350 e. The van der Waals surface area contributed by atoms with E-state index in [4.69, 9.17) is 0 Å². The number of hydrogen-bond acceptors (Lipinski definition) is 4. The van der Waals surface area contributed by atoms with Gasteiger partial charge in [0.25, 0.3) is 5.91 Å². The number of hydrogen-bond donors (Lipinski definition) is 2. The van der Waals surface area contributed by atoms with Crippen LogP contribution >= 0.6 is 0 Å². The van der Waals surface area contributed by atoms with Crippen LogP contribution < -0.4 is 5.32 Å². The highest BCUT2D eigenvalue weighted by atomic mass is 16.2. The van der Waals surface area contributed by atoms with Crippen molar-refractivity contribution in [1.29, 1.82) is 0 Å². The van der Waals surface area contributed by atoms with E-state index in [-0.39, 0.29) is 17.7 Å². The molecule has 28 heavy (non-hydrogen) atoms. The third-order valence-corrected chi connectivity index (χ3v) is 5.86. The van der Waals surface area contributed by atoms with Crippen molar-refractivity contribution in [3.8, 4) is 0 Å². The van der Waals surface area contributed by atoms with Crippen LogP contribution in [0.3, 0.4) is 0 Å². The highest BCUT2D eigenvalue weighted by Gasteiger charge is 2.28. The number of aromatic amines is 1. The molecule has 1 fully saturated rings. The molecular weight excluding hydrogens is 354 g/mol. The van der Waals surface area contributed by atoms with Crippen LogP contribution in [0.25, 0.3) is 0 Å². The Morgan fingerprint density at radius 2 is 1.96 bits per heavy atom. The Morgan fingerprint density at radius 3 is 2.75 bits per heavy atom. The number of carbonyl (C=O) groups excluding carboxylic acids is 2. The van der Waals surface area contributed by atoms with Gasteiger partial charge in [-0.2, -0.15) is 5.10 Å². The van der Waals surface area contributed by atoms with Gasteiger partial charge in [0.1, 0.15) is 5.69 Å². The molecule has 0 spiro atoms. The molecule has 0 saturated carbocycles. The SMILES string of the molecule is O=C(NCc1n[nH]c2c1CCCCC2)C1CCN(C(=O)c2ccccn2)CC1.